The molecule has 124 valence electrons. The van der Waals surface area contributed by atoms with E-state index in [9.17, 15) is 4.79 Å². The third kappa shape index (κ3) is 6.51. The van der Waals surface area contributed by atoms with Crippen LogP contribution in [0.1, 0.15) is 30.2 Å². The Hall–Kier alpha value is -0.830. The van der Waals surface area contributed by atoms with Gasteiger partial charge in [0.25, 0.3) is 0 Å². The van der Waals surface area contributed by atoms with Gasteiger partial charge >= 0.3 is 0 Å². The quantitative estimate of drug-likeness (QED) is 0.266. The number of halogens is 1. The Labute approximate surface area is 153 Å². The first-order chi connectivity index (χ1) is 10.2. The number of nitrogens with one attached hydrogen (secondary N) is 3. The van der Waals surface area contributed by atoms with Crippen molar-refractivity contribution >= 4 is 47.2 Å². The monoisotopic (exact) mass is 436 g/mol. The second-order valence-electron chi connectivity index (χ2n) is 5.21. The summed E-state index contributed by atoms with van der Waals surface area (Å²) in [5.41, 5.74) is 1.29. The van der Waals surface area contributed by atoms with Crippen LogP contribution in [0, 0.1) is 12.8 Å². The van der Waals surface area contributed by atoms with Crippen LogP contribution in [-0.4, -0.2) is 31.5 Å². The van der Waals surface area contributed by atoms with Crippen LogP contribution < -0.4 is 16.0 Å². The van der Waals surface area contributed by atoms with Crippen LogP contribution in [0.3, 0.4) is 0 Å². The molecule has 0 atom stereocenters. The molecule has 2 rings (SSSR count). The van der Waals surface area contributed by atoms with Gasteiger partial charge in [0.2, 0.25) is 5.91 Å². The molecule has 0 unspecified atom stereocenters. The molecule has 0 radical (unpaired) electrons. The minimum absolute atomic E-state index is 0. The summed E-state index contributed by atoms with van der Waals surface area (Å²) < 4.78 is 0. The summed E-state index contributed by atoms with van der Waals surface area (Å²) in [5.74, 6) is 1.26. The molecule has 1 aliphatic carbocycles. The number of amides is 1. The lowest BCUT2D eigenvalue weighted by Crippen LogP contribution is -2.41. The predicted molar refractivity (Wildman–Crippen MR) is 103 cm³/mol. The Morgan fingerprint density at radius 2 is 2.05 bits per heavy atom. The Morgan fingerprint density at radius 3 is 2.64 bits per heavy atom. The first-order valence-electron chi connectivity index (χ1n) is 7.53. The van der Waals surface area contributed by atoms with Crippen LogP contribution >= 0.6 is 35.3 Å². The first-order valence-corrected chi connectivity index (χ1v) is 8.41. The van der Waals surface area contributed by atoms with Gasteiger partial charge < -0.3 is 16.0 Å². The highest BCUT2D eigenvalue weighted by molar-refractivity contribution is 14.0. The average molecular weight is 436 g/mol. The standard InChI is InChI=1S/C15H24N4OS.HI/c1-3-16-15(19-10-13-11(2)6-9-21-13)18-8-7-17-14(20)12-4-5-12;/h6,9,12H,3-5,7-8,10H2,1-2H3,(H,17,20)(H2,16,18,19);1H. The smallest absolute Gasteiger partial charge is 0.223 e. The first kappa shape index (κ1) is 19.2. The second kappa shape index (κ2) is 10.0. The van der Waals surface area contributed by atoms with Crippen LogP contribution in [0.5, 0.6) is 0 Å². The third-order valence-electron chi connectivity index (χ3n) is 3.36. The van der Waals surface area contributed by atoms with Gasteiger partial charge in [-0.15, -0.1) is 35.3 Å². The molecule has 5 nitrogen and oxygen atoms in total. The summed E-state index contributed by atoms with van der Waals surface area (Å²) in [5, 5.41) is 11.5. The molecule has 0 bridgehead atoms. The molecular formula is C15H25IN4OS. The maximum atomic E-state index is 11.5. The Balaban J connectivity index is 0.00000242. The molecule has 1 aliphatic rings. The van der Waals surface area contributed by atoms with Crippen molar-refractivity contribution in [2.45, 2.75) is 33.2 Å². The lowest BCUT2D eigenvalue weighted by Gasteiger charge is -2.11. The van der Waals surface area contributed by atoms with E-state index >= 15 is 0 Å². The van der Waals surface area contributed by atoms with Crippen LogP contribution in [0.2, 0.25) is 0 Å². The molecule has 0 aliphatic heterocycles. The van der Waals surface area contributed by atoms with Crippen molar-refractivity contribution in [3.63, 3.8) is 0 Å². The van der Waals surface area contributed by atoms with E-state index in [0.717, 1.165) is 25.3 Å². The number of carbonyl (C=O) groups excluding carboxylic acids is 1. The molecule has 1 fully saturated rings. The Morgan fingerprint density at radius 1 is 1.32 bits per heavy atom. The zero-order valence-electron chi connectivity index (χ0n) is 13.1. The number of nitrogens with zero attached hydrogens (tertiary/aromatic N) is 1. The molecule has 0 aromatic carbocycles. The van der Waals surface area contributed by atoms with Gasteiger partial charge in [0.05, 0.1) is 6.54 Å². The number of hydrogen-bond acceptors (Lipinski definition) is 3. The average Bonchev–Trinajstić information content (AvgIpc) is 3.24. The van der Waals surface area contributed by atoms with E-state index in [1.54, 1.807) is 11.3 Å². The highest BCUT2D eigenvalue weighted by Crippen LogP contribution is 2.28. The molecule has 3 N–H and O–H groups in total. The number of rotatable bonds is 7. The number of aryl methyl sites for hydroxylation is 1. The molecule has 0 saturated heterocycles. The zero-order chi connectivity index (χ0) is 15.1. The summed E-state index contributed by atoms with van der Waals surface area (Å²) in [6, 6.07) is 2.11. The van der Waals surface area contributed by atoms with Crippen LogP contribution in [-0.2, 0) is 11.3 Å². The van der Waals surface area contributed by atoms with E-state index in [1.807, 2.05) is 6.92 Å². The highest BCUT2D eigenvalue weighted by atomic mass is 127. The number of thiophene rings is 1. The van der Waals surface area contributed by atoms with E-state index in [1.165, 1.54) is 10.4 Å². The zero-order valence-corrected chi connectivity index (χ0v) is 16.3. The van der Waals surface area contributed by atoms with Crippen molar-refractivity contribution in [2.75, 3.05) is 19.6 Å². The topological polar surface area (TPSA) is 65.5 Å². The summed E-state index contributed by atoms with van der Waals surface area (Å²) in [6.07, 6.45) is 2.09. The van der Waals surface area contributed by atoms with Crippen molar-refractivity contribution in [2.24, 2.45) is 10.9 Å². The van der Waals surface area contributed by atoms with E-state index in [0.29, 0.717) is 19.6 Å². The van der Waals surface area contributed by atoms with Gasteiger partial charge in [-0.25, -0.2) is 4.99 Å². The van der Waals surface area contributed by atoms with Gasteiger partial charge in [-0.05, 0) is 43.7 Å². The van der Waals surface area contributed by atoms with Crippen LogP contribution in [0.4, 0.5) is 0 Å². The van der Waals surface area contributed by atoms with Crippen molar-refractivity contribution in [1.82, 2.24) is 16.0 Å². The molecule has 1 aromatic rings. The van der Waals surface area contributed by atoms with Gasteiger partial charge in [0.1, 0.15) is 0 Å². The van der Waals surface area contributed by atoms with Gasteiger partial charge in [0, 0.05) is 30.4 Å². The van der Waals surface area contributed by atoms with E-state index in [-0.39, 0.29) is 35.8 Å². The minimum Gasteiger partial charge on any atom is -0.357 e. The summed E-state index contributed by atoms with van der Waals surface area (Å²) in [4.78, 5) is 17.4. The van der Waals surface area contributed by atoms with E-state index < -0.39 is 0 Å². The van der Waals surface area contributed by atoms with Gasteiger partial charge in [-0.2, -0.15) is 0 Å². The lowest BCUT2D eigenvalue weighted by atomic mass is 10.3. The fraction of sp³-hybridized carbons (Fsp3) is 0.600. The van der Waals surface area contributed by atoms with E-state index in [2.05, 4.69) is 39.3 Å². The van der Waals surface area contributed by atoms with Crippen molar-refractivity contribution < 1.29 is 4.79 Å². The second-order valence-corrected chi connectivity index (χ2v) is 6.21. The molecule has 0 spiro atoms. The van der Waals surface area contributed by atoms with Crippen molar-refractivity contribution in [3.8, 4) is 0 Å². The normalized spacial score (nSPS) is 14.2. The number of hydrogen-bond donors (Lipinski definition) is 3. The van der Waals surface area contributed by atoms with Crippen molar-refractivity contribution in [3.05, 3.63) is 21.9 Å². The molecular weight excluding hydrogens is 411 g/mol. The van der Waals surface area contributed by atoms with Gasteiger partial charge in [-0.3, -0.25) is 4.79 Å². The maximum Gasteiger partial charge on any atom is 0.223 e. The number of carbonyl (C=O) groups is 1. The number of guanidine groups is 1. The summed E-state index contributed by atoms with van der Waals surface area (Å²) in [6.45, 7) is 6.99. The summed E-state index contributed by atoms with van der Waals surface area (Å²) >= 11 is 1.73. The van der Waals surface area contributed by atoms with Gasteiger partial charge in [-0.1, -0.05) is 0 Å². The fourth-order valence-electron chi connectivity index (χ4n) is 1.92. The SMILES string of the molecule is CCNC(=NCc1sccc1C)NCCNC(=O)C1CC1.I. The lowest BCUT2D eigenvalue weighted by molar-refractivity contribution is -0.122. The predicted octanol–water partition coefficient (Wildman–Crippen LogP) is 2.26. The molecule has 1 amide bonds. The number of aliphatic imine (C=N–C) groups is 1. The van der Waals surface area contributed by atoms with Gasteiger partial charge in [0.15, 0.2) is 5.96 Å². The molecule has 22 heavy (non-hydrogen) atoms. The van der Waals surface area contributed by atoms with Crippen molar-refractivity contribution in [1.29, 1.82) is 0 Å². The molecule has 1 saturated carbocycles. The van der Waals surface area contributed by atoms with Crippen LogP contribution in [0.15, 0.2) is 16.4 Å². The molecule has 1 heterocycles. The Kier molecular flexibility index (Phi) is 8.77. The van der Waals surface area contributed by atoms with E-state index in [4.69, 9.17) is 0 Å². The summed E-state index contributed by atoms with van der Waals surface area (Å²) in [7, 11) is 0. The molecule has 7 heteroatoms. The minimum atomic E-state index is 0. The fourth-order valence-corrected chi connectivity index (χ4v) is 2.74. The highest BCUT2D eigenvalue weighted by Gasteiger charge is 2.28. The van der Waals surface area contributed by atoms with Crippen LogP contribution in [0.25, 0.3) is 0 Å². The third-order valence-corrected chi connectivity index (χ3v) is 4.37. The molecule has 1 aromatic heterocycles. The Bertz CT molecular complexity index is 499. The maximum absolute atomic E-state index is 11.5. The largest absolute Gasteiger partial charge is 0.357 e.